The van der Waals surface area contributed by atoms with Gasteiger partial charge in [0.05, 0.1) is 11.5 Å². The molecule has 7 nitrogen and oxygen atoms in total. The second-order valence-electron chi connectivity index (χ2n) is 11.8. The third-order valence-electron chi connectivity index (χ3n) is 9.85. The molecule has 0 aromatic heterocycles. The summed E-state index contributed by atoms with van der Waals surface area (Å²) in [7, 11) is 0. The highest BCUT2D eigenvalue weighted by Crippen LogP contribution is 2.66. The highest BCUT2D eigenvalue weighted by Gasteiger charge is 2.77. The van der Waals surface area contributed by atoms with Crippen LogP contribution in [0.2, 0.25) is 0 Å². The number of carbonyl (C=O) groups excluding carboxylic acids is 1. The largest absolute Gasteiger partial charge is 0.455 e. The van der Waals surface area contributed by atoms with E-state index in [0.717, 1.165) is 70.0 Å². The lowest BCUT2D eigenvalue weighted by atomic mass is 9.55. The average Bonchev–Trinajstić information content (AvgIpc) is 3.19. The van der Waals surface area contributed by atoms with E-state index in [1.165, 1.54) is 12.0 Å². The first kappa shape index (κ1) is 21.5. The van der Waals surface area contributed by atoms with Gasteiger partial charge < -0.3 is 18.9 Å². The van der Waals surface area contributed by atoms with Crippen molar-refractivity contribution in [3.63, 3.8) is 0 Å². The number of hydrogen-bond donors (Lipinski definition) is 0. The van der Waals surface area contributed by atoms with E-state index in [9.17, 15) is 4.79 Å². The minimum Gasteiger partial charge on any atom is -0.455 e. The van der Waals surface area contributed by atoms with Crippen LogP contribution in [0.25, 0.3) is 0 Å². The first-order valence-electron chi connectivity index (χ1n) is 13.2. The summed E-state index contributed by atoms with van der Waals surface area (Å²) in [6, 6.07) is 6.24. The maximum absolute atomic E-state index is 13.3. The van der Waals surface area contributed by atoms with Gasteiger partial charge in [-0.05, 0) is 56.2 Å². The van der Waals surface area contributed by atoms with E-state index in [2.05, 4.69) is 35.8 Å². The molecule has 4 heterocycles. The van der Waals surface area contributed by atoms with E-state index < -0.39 is 0 Å². The number of epoxide rings is 1. The molecule has 184 valence electrons. The predicted molar refractivity (Wildman–Crippen MR) is 124 cm³/mol. The van der Waals surface area contributed by atoms with Gasteiger partial charge in [-0.2, -0.15) is 0 Å². The van der Waals surface area contributed by atoms with Crippen molar-refractivity contribution in [2.45, 2.75) is 63.4 Å². The van der Waals surface area contributed by atoms with Crippen molar-refractivity contribution in [1.29, 1.82) is 0 Å². The van der Waals surface area contributed by atoms with E-state index in [0.29, 0.717) is 24.5 Å². The summed E-state index contributed by atoms with van der Waals surface area (Å²) < 4.78 is 23.6. The molecule has 6 aliphatic rings. The Balaban J connectivity index is 1.01. The molecule has 0 radical (unpaired) electrons. The van der Waals surface area contributed by atoms with Gasteiger partial charge in [-0.1, -0.05) is 13.0 Å². The van der Waals surface area contributed by atoms with Crippen LogP contribution in [0.4, 0.5) is 0 Å². The molecule has 5 fully saturated rings. The fraction of sp³-hybridized carbons (Fsp3) is 0.741. The lowest BCUT2D eigenvalue weighted by Gasteiger charge is -2.50. The van der Waals surface area contributed by atoms with Crippen LogP contribution in [0, 0.1) is 23.7 Å². The minimum absolute atomic E-state index is 0.0121. The van der Waals surface area contributed by atoms with Gasteiger partial charge in [-0.15, -0.1) is 0 Å². The van der Waals surface area contributed by atoms with Crippen molar-refractivity contribution in [1.82, 2.24) is 9.80 Å². The maximum Gasteiger partial charge on any atom is 0.311 e. The zero-order chi connectivity index (χ0) is 23.1. The Labute approximate surface area is 201 Å². The molecule has 3 saturated heterocycles. The van der Waals surface area contributed by atoms with E-state index in [1.54, 1.807) is 0 Å². The minimum atomic E-state index is -0.367. The Morgan fingerprint density at radius 3 is 2.65 bits per heavy atom. The van der Waals surface area contributed by atoms with Crippen LogP contribution in [0.15, 0.2) is 18.2 Å². The molecule has 1 spiro atoms. The Hall–Kier alpha value is -1.83. The van der Waals surface area contributed by atoms with Crippen molar-refractivity contribution in [2.75, 3.05) is 39.5 Å². The van der Waals surface area contributed by atoms with E-state index in [1.807, 2.05) is 6.07 Å². The number of carbonyl (C=O) groups is 1. The highest BCUT2D eigenvalue weighted by molar-refractivity contribution is 5.77. The number of rotatable bonds is 4. The SMILES string of the molecule is C[C@@H]1CC[C@@H]2[C@H](CN3CCN(Cc4ccc5c(c4)OCO5)CC3)C(=O)O[C@]23[C@@H]1CC[C@]1(C)O[C@H]31. The molecule has 0 N–H and O–H groups in total. The first-order valence-corrected chi connectivity index (χ1v) is 13.2. The number of ether oxygens (including phenoxy) is 4. The van der Waals surface area contributed by atoms with Crippen LogP contribution in [0.3, 0.4) is 0 Å². The van der Waals surface area contributed by atoms with E-state index >= 15 is 0 Å². The fourth-order valence-electron chi connectivity index (χ4n) is 7.97. The van der Waals surface area contributed by atoms with Crippen molar-refractivity contribution in [2.24, 2.45) is 23.7 Å². The van der Waals surface area contributed by atoms with Crippen molar-refractivity contribution in [3.05, 3.63) is 23.8 Å². The molecule has 1 aromatic rings. The molecule has 2 saturated carbocycles. The molecule has 2 aliphatic carbocycles. The van der Waals surface area contributed by atoms with Crippen LogP contribution in [-0.2, 0) is 20.8 Å². The van der Waals surface area contributed by atoms with Crippen LogP contribution in [-0.4, -0.2) is 72.6 Å². The zero-order valence-electron chi connectivity index (χ0n) is 20.3. The lowest BCUT2D eigenvalue weighted by Crippen LogP contribution is -2.58. The summed E-state index contributed by atoms with van der Waals surface area (Å²) in [5, 5.41) is 0. The Morgan fingerprint density at radius 2 is 1.79 bits per heavy atom. The summed E-state index contributed by atoms with van der Waals surface area (Å²) in [5.74, 6) is 3.08. The Bertz CT molecular complexity index is 993. The summed E-state index contributed by atoms with van der Waals surface area (Å²) in [6.45, 7) is 10.6. The van der Waals surface area contributed by atoms with Crippen LogP contribution in [0.5, 0.6) is 11.5 Å². The average molecular weight is 469 g/mol. The van der Waals surface area contributed by atoms with Crippen molar-refractivity contribution >= 4 is 5.97 Å². The fourth-order valence-corrected chi connectivity index (χ4v) is 7.97. The van der Waals surface area contributed by atoms with Gasteiger partial charge in [0.15, 0.2) is 11.5 Å². The van der Waals surface area contributed by atoms with Crippen LogP contribution in [0.1, 0.15) is 45.1 Å². The Kier molecular flexibility index (Phi) is 4.78. The molecule has 7 heteroatoms. The second-order valence-corrected chi connectivity index (χ2v) is 11.8. The highest BCUT2D eigenvalue weighted by atomic mass is 16.7. The van der Waals surface area contributed by atoms with Gasteiger partial charge >= 0.3 is 5.97 Å². The van der Waals surface area contributed by atoms with Gasteiger partial charge in [0, 0.05) is 51.1 Å². The maximum atomic E-state index is 13.3. The number of fused-ring (bicyclic) bond motifs is 2. The molecule has 34 heavy (non-hydrogen) atoms. The third-order valence-corrected chi connectivity index (χ3v) is 9.85. The topological polar surface area (TPSA) is 63.8 Å². The van der Waals surface area contributed by atoms with Crippen LogP contribution >= 0.6 is 0 Å². The third kappa shape index (κ3) is 3.16. The Morgan fingerprint density at radius 1 is 1.00 bits per heavy atom. The molecule has 7 rings (SSSR count). The second kappa shape index (κ2) is 7.58. The molecule has 0 unspecified atom stereocenters. The normalized spacial score (nSPS) is 43.1. The number of nitrogens with zero attached hydrogens (tertiary/aromatic N) is 2. The lowest BCUT2D eigenvalue weighted by molar-refractivity contribution is -0.168. The number of hydrogen-bond acceptors (Lipinski definition) is 7. The molecule has 1 aromatic carbocycles. The van der Waals surface area contributed by atoms with Gasteiger partial charge in [0.2, 0.25) is 6.79 Å². The molecule has 7 atom stereocenters. The summed E-state index contributed by atoms with van der Waals surface area (Å²) >= 11 is 0. The van der Waals surface area contributed by atoms with Crippen LogP contribution < -0.4 is 9.47 Å². The molecular formula is C27H36N2O5. The number of piperazine rings is 1. The summed E-state index contributed by atoms with van der Waals surface area (Å²) in [4.78, 5) is 18.3. The summed E-state index contributed by atoms with van der Waals surface area (Å²) in [6.07, 6.45) is 4.64. The van der Waals surface area contributed by atoms with Gasteiger partial charge in [0.25, 0.3) is 0 Å². The first-order chi connectivity index (χ1) is 16.5. The van der Waals surface area contributed by atoms with E-state index in [4.69, 9.17) is 18.9 Å². The quantitative estimate of drug-likeness (QED) is 0.497. The van der Waals surface area contributed by atoms with E-state index in [-0.39, 0.29) is 29.2 Å². The van der Waals surface area contributed by atoms with Gasteiger partial charge in [0.1, 0.15) is 11.7 Å². The predicted octanol–water partition coefficient (Wildman–Crippen LogP) is 3.06. The molecular weight excluding hydrogens is 432 g/mol. The molecule has 0 bridgehead atoms. The van der Waals surface area contributed by atoms with Crippen molar-refractivity contribution < 1.29 is 23.7 Å². The zero-order valence-corrected chi connectivity index (χ0v) is 20.3. The van der Waals surface area contributed by atoms with Crippen molar-refractivity contribution in [3.8, 4) is 11.5 Å². The molecule has 4 aliphatic heterocycles. The van der Waals surface area contributed by atoms with Gasteiger partial charge in [-0.3, -0.25) is 14.6 Å². The van der Waals surface area contributed by atoms with Gasteiger partial charge in [-0.25, -0.2) is 0 Å². The monoisotopic (exact) mass is 468 g/mol. The smallest absolute Gasteiger partial charge is 0.311 e. The number of esters is 1. The number of benzene rings is 1. The standard InChI is InChI=1S/C27H36N2O5/c1-17-3-5-21-19(24(30)33-27(21)20(17)7-8-26(2)25(27)34-26)15-29-11-9-28(10-12-29)14-18-4-6-22-23(13-18)32-16-31-22/h4,6,13,17,19-21,25H,3,5,7-12,14-16H2,1-2H3/t17-,19+,20-,21-,25+,26+,27-/m1/s1. The summed E-state index contributed by atoms with van der Waals surface area (Å²) in [5.41, 5.74) is 0.820. The molecule has 0 amide bonds.